The van der Waals surface area contributed by atoms with Gasteiger partial charge in [0.05, 0.1) is 42.9 Å². The van der Waals surface area contributed by atoms with Crippen molar-refractivity contribution < 1.29 is 114 Å². The second kappa shape index (κ2) is 20.5. The first-order valence-corrected chi connectivity index (χ1v) is 26.8. The summed E-state index contributed by atoms with van der Waals surface area (Å²) in [5, 5.41) is 140. The molecule has 5 aliphatic carbocycles. The number of rotatable bonds is 10. The quantitative estimate of drug-likeness (QED) is 0.0659. The number of ether oxygens (including phenoxy) is 8. The highest BCUT2D eigenvalue weighted by molar-refractivity contribution is 5.79. The molecule has 8 fully saturated rings. The Hall–Kier alpha value is -2.08. The lowest BCUT2D eigenvalue weighted by Gasteiger charge is -2.71. The number of aliphatic hydroxyl groups excluding tert-OH is 12. The third-order valence-electron chi connectivity index (χ3n) is 20.7. The van der Waals surface area contributed by atoms with Crippen LogP contribution < -0.4 is 0 Å². The predicted molar refractivity (Wildman–Crippen MR) is 253 cm³/mol. The highest BCUT2D eigenvalue weighted by atomic mass is 16.8. The topological polar surface area (TPSA) is 371 Å². The summed E-state index contributed by atoms with van der Waals surface area (Å²) in [6.07, 6.45) is -24.9. The van der Waals surface area contributed by atoms with Gasteiger partial charge in [0.15, 0.2) is 25.0 Å². The molecule has 0 aromatic heterocycles. The van der Waals surface area contributed by atoms with Crippen molar-refractivity contribution in [3.63, 3.8) is 0 Å². The Labute approximate surface area is 435 Å². The number of aliphatic carboxylic acids is 1. The number of carbonyl (C=O) groups excluding carboxylic acids is 1. The van der Waals surface area contributed by atoms with Crippen LogP contribution >= 0.6 is 0 Å². The molecule has 4 aliphatic heterocycles. The third kappa shape index (κ3) is 9.16. The fourth-order valence-corrected chi connectivity index (χ4v) is 16.0. The average Bonchev–Trinajstić information content (AvgIpc) is 3.35. The minimum atomic E-state index is -1.87. The monoisotopic (exact) mass is 1070 g/mol. The maximum absolute atomic E-state index is 15.3. The number of carboxylic acid groups (broad SMARTS) is 1. The van der Waals surface area contributed by atoms with E-state index in [1.807, 2.05) is 6.92 Å². The van der Waals surface area contributed by atoms with E-state index >= 15 is 4.79 Å². The summed E-state index contributed by atoms with van der Waals surface area (Å²) >= 11 is 0. The van der Waals surface area contributed by atoms with Gasteiger partial charge in [-0.3, -0.25) is 9.59 Å². The predicted octanol–water partition coefficient (Wildman–Crippen LogP) is -1.69. The van der Waals surface area contributed by atoms with Crippen LogP contribution in [-0.2, 0) is 47.5 Å². The zero-order valence-corrected chi connectivity index (χ0v) is 43.7. The van der Waals surface area contributed by atoms with E-state index in [1.165, 1.54) is 6.92 Å². The molecule has 0 bridgehead atoms. The highest BCUT2D eigenvalue weighted by Crippen LogP contribution is 2.76. The van der Waals surface area contributed by atoms with Crippen LogP contribution in [-0.4, -0.2) is 221 Å². The van der Waals surface area contributed by atoms with Gasteiger partial charge >= 0.3 is 11.9 Å². The molecule has 9 aliphatic rings. The van der Waals surface area contributed by atoms with Crippen molar-refractivity contribution in [1.29, 1.82) is 0 Å². The molecule has 0 amide bonds. The van der Waals surface area contributed by atoms with Gasteiger partial charge in [-0.05, 0) is 111 Å². The molecular formula is C52H82O23. The molecule has 0 aromatic carbocycles. The van der Waals surface area contributed by atoms with E-state index in [9.17, 15) is 71.2 Å². The molecule has 4 saturated carbocycles. The second-order valence-corrected chi connectivity index (χ2v) is 25.3. The number of fused-ring (bicyclic) bond motifs is 7. The van der Waals surface area contributed by atoms with Crippen LogP contribution in [0.1, 0.15) is 106 Å². The van der Waals surface area contributed by atoms with E-state index in [0.717, 1.165) is 5.57 Å². The molecule has 4 heterocycles. The molecule has 23 nitrogen and oxygen atoms in total. The minimum Gasteiger partial charge on any atom is -0.481 e. The van der Waals surface area contributed by atoms with Crippen LogP contribution in [0, 0.1) is 50.2 Å². The minimum absolute atomic E-state index is 0.130. The first-order chi connectivity index (χ1) is 35.0. The largest absolute Gasteiger partial charge is 0.481 e. The lowest BCUT2D eigenvalue weighted by molar-refractivity contribution is -0.368. The van der Waals surface area contributed by atoms with Gasteiger partial charge in [-0.15, -0.1) is 0 Å². The Bertz CT molecular complexity index is 2130. The van der Waals surface area contributed by atoms with Crippen molar-refractivity contribution >= 4 is 11.9 Å². The Balaban J connectivity index is 0.956. The molecule has 28 atom stereocenters. The summed E-state index contributed by atoms with van der Waals surface area (Å²) in [6, 6.07) is 0. The Morgan fingerprint density at radius 2 is 1.23 bits per heavy atom. The van der Waals surface area contributed by atoms with Crippen molar-refractivity contribution in [3.05, 3.63) is 11.6 Å². The molecule has 23 heteroatoms. The number of hydrogen-bond donors (Lipinski definition) is 13. The summed E-state index contributed by atoms with van der Waals surface area (Å²) in [5.41, 5.74) is -3.70. The van der Waals surface area contributed by atoms with E-state index in [1.54, 1.807) is 6.92 Å². The SMILES string of the molecule is C[C@@H]1O[C@H](O[C@@H]2[C@@H](OC(=O)[C@@]34CCC(C)(C)C[C@H]3C3=CC[C@H]5[C@@]6(C)C[C@@H](O)[C@@H](O[C@H]7O[C@@H](CO)[C@H](O)[C@@H](O)[C@@H]7O)[C@](C)(C(=O)O)[C@H]6CC[C@@]5(C)[C@@]3(C)CC4)OC[C@H](O)[C@H]2O)[C@@H](O)[C@H](O)[C@H]1O[C@H]1OC[C@H](O)[C@@H](O)[C@@H]1O. The smallest absolute Gasteiger partial charge is 0.315 e. The van der Waals surface area contributed by atoms with Gasteiger partial charge in [-0.25, -0.2) is 0 Å². The number of carbonyl (C=O) groups is 2. The van der Waals surface area contributed by atoms with Gasteiger partial charge in [0.25, 0.3) is 0 Å². The summed E-state index contributed by atoms with van der Waals surface area (Å²) in [4.78, 5) is 29.0. The van der Waals surface area contributed by atoms with Gasteiger partial charge < -0.3 is 104 Å². The van der Waals surface area contributed by atoms with Crippen LogP contribution in [0.25, 0.3) is 0 Å². The normalized spacial score (nSPS) is 54.8. The second-order valence-electron chi connectivity index (χ2n) is 25.3. The zero-order valence-electron chi connectivity index (χ0n) is 43.7. The maximum Gasteiger partial charge on any atom is 0.315 e. The van der Waals surface area contributed by atoms with Crippen LogP contribution in [0.3, 0.4) is 0 Å². The zero-order chi connectivity index (χ0) is 54.9. The van der Waals surface area contributed by atoms with Gasteiger partial charge in [-0.1, -0.05) is 46.3 Å². The Kier molecular flexibility index (Phi) is 15.7. The molecule has 9 rings (SSSR count). The fourth-order valence-electron chi connectivity index (χ4n) is 16.0. The van der Waals surface area contributed by atoms with E-state index in [4.69, 9.17) is 37.9 Å². The first kappa shape index (κ1) is 57.6. The Morgan fingerprint density at radius 1 is 0.627 bits per heavy atom. The van der Waals surface area contributed by atoms with E-state index in [-0.39, 0.29) is 30.3 Å². The first-order valence-electron chi connectivity index (χ1n) is 26.8. The van der Waals surface area contributed by atoms with Crippen molar-refractivity contribution in [2.75, 3.05) is 19.8 Å². The molecule has 75 heavy (non-hydrogen) atoms. The van der Waals surface area contributed by atoms with Crippen molar-refractivity contribution in [2.24, 2.45) is 50.2 Å². The summed E-state index contributed by atoms with van der Waals surface area (Å²) < 4.78 is 47.1. The van der Waals surface area contributed by atoms with Crippen molar-refractivity contribution in [3.8, 4) is 0 Å². The summed E-state index contributed by atoms with van der Waals surface area (Å²) in [7, 11) is 0. The number of hydrogen-bond acceptors (Lipinski definition) is 22. The van der Waals surface area contributed by atoms with Gasteiger partial charge in [0.1, 0.15) is 79.4 Å². The van der Waals surface area contributed by atoms with Crippen LogP contribution in [0.4, 0.5) is 0 Å². The number of aliphatic hydroxyl groups is 12. The standard InChI is InChI=1S/C52H82O23/c1-21-38(72-41-35(62)30(57)25(55)19-68-41)34(61)37(64)42(70-21)73-39-31(58)26(56)20-69-44(39)75-46(67)52-14-12-47(2,3)16-23(52)22-8-9-28-48(4)17-24(54)40(74-43-36(63)33(60)32(59)27(18-53)71-43)51(7,45(65)66)29(48)10-11-50(28,6)49(22,5)13-15-52/h8,21,23-44,53-64H,9-20H2,1-7H3,(H,65,66)/t21-,23-,24+,25-,26-,27-,28-,29-,30+,31+,32-,33+,34-,35-,36-,37-,38-,39-,40+,41+,42+,43+,44+,48+,49-,50+,51+,52+/m0/s1. The van der Waals surface area contributed by atoms with E-state index in [2.05, 4.69) is 33.8 Å². The molecule has 0 unspecified atom stereocenters. The third-order valence-corrected chi connectivity index (χ3v) is 20.7. The van der Waals surface area contributed by atoms with Crippen LogP contribution in [0.5, 0.6) is 0 Å². The van der Waals surface area contributed by atoms with Crippen molar-refractivity contribution in [2.45, 2.75) is 229 Å². The molecule has 0 spiro atoms. The molecule has 4 saturated heterocycles. The lowest BCUT2D eigenvalue weighted by atomic mass is 9.33. The maximum atomic E-state index is 15.3. The number of carboxylic acids is 1. The van der Waals surface area contributed by atoms with Crippen LogP contribution in [0.2, 0.25) is 0 Å². The number of esters is 1. The molecule has 428 valence electrons. The molecule has 13 N–H and O–H groups in total. The molecule has 0 radical (unpaired) electrons. The van der Waals surface area contributed by atoms with Crippen LogP contribution in [0.15, 0.2) is 11.6 Å². The highest BCUT2D eigenvalue weighted by Gasteiger charge is 2.73. The van der Waals surface area contributed by atoms with Gasteiger partial charge in [0.2, 0.25) is 6.29 Å². The van der Waals surface area contributed by atoms with E-state index in [0.29, 0.717) is 51.4 Å². The number of allylic oxidation sites excluding steroid dienone is 2. The average molecular weight is 1080 g/mol. The lowest BCUT2D eigenvalue weighted by Crippen LogP contribution is -2.70. The fraction of sp³-hybridized carbons (Fsp3) is 0.923. The summed E-state index contributed by atoms with van der Waals surface area (Å²) in [5.74, 6) is -2.87. The van der Waals surface area contributed by atoms with Gasteiger partial charge in [-0.2, -0.15) is 0 Å². The van der Waals surface area contributed by atoms with E-state index < -0.39 is 181 Å². The molecule has 0 aromatic rings. The Morgan fingerprint density at radius 3 is 1.89 bits per heavy atom. The van der Waals surface area contributed by atoms with Crippen molar-refractivity contribution in [1.82, 2.24) is 0 Å². The molecular weight excluding hydrogens is 993 g/mol. The summed E-state index contributed by atoms with van der Waals surface area (Å²) in [6.45, 7) is 12.3. The van der Waals surface area contributed by atoms with Gasteiger partial charge in [0, 0.05) is 0 Å².